The SMILES string of the molecule is O=C(Cn1nc2c(Oc3ccccc3)nc3ccccc3n2c1=O)NCc1ccc(F)cc1. The summed E-state index contributed by atoms with van der Waals surface area (Å²) in [4.78, 5) is 30.2. The van der Waals surface area contributed by atoms with Crippen molar-refractivity contribution in [2.45, 2.75) is 13.1 Å². The third-order valence-electron chi connectivity index (χ3n) is 5.03. The first-order valence-corrected chi connectivity index (χ1v) is 10.2. The molecule has 0 aliphatic heterocycles. The lowest BCUT2D eigenvalue weighted by Crippen LogP contribution is -2.32. The summed E-state index contributed by atoms with van der Waals surface area (Å²) in [6.45, 7) is -0.0884. The molecule has 3 aromatic carbocycles. The van der Waals surface area contributed by atoms with Gasteiger partial charge in [0, 0.05) is 6.54 Å². The molecule has 0 bridgehead atoms. The van der Waals surface area contributed by atoms with Crippen LogP contribution in [-0.2, 0) is 17.9 Å². The number of carbonyl (C=O) groups excluding carboxylic acids is 1. The molecule has 5 aromatic rings. The molecule has 33 heavy (non-hydrogen) atoms. The van der Waals surface area contributed by atoms with E-state index in [2.05, 4.69) is 15.4 Å². The fourth-order valence-electron chi connectivity index (χ4n) is 3.44. The number of rotatable bonds is 6. The summed E-state index contributed by atoms with van der Waals surface area (Å²) < 4.78 is 21.4. The average molecular weight is 443 g/mol. The molecule has 0 spiro atoms. The standard InChI is InChI=1S/C24H18FN5O3/c25-17-12-10-16(11-13-17)14-26-21(31)15-29-24(32)30-20-9-5-4-8-19(20)27-23(22(30)28-29)33-18-6-2-1-3-7-18/h1-13H,14-15H2,(H,26,31). The van der Waals surface area contributed by atoms with E-state index in [0.717, 1.165) is 10.2 Å². The zero-order chi connectivity index (χ0) is 22.8. The van der Waals surface area contributed by atoms with Gasteiger partial charge in [0.2, 0.25) is 11.6 Å². The lowest BCUT2D eigenvalue weighted by Gasteiger charge is -2.07. The maximum atomic E-state index is 13.2. The molecule has 0 aliphatic carbocycles. The van der Waals surface area contributed by atoms with Crippen molar-refractivity contribution < 1.29 is 13.9 Å². The molecule has 0 saturated heterocycles. The predicted octanol–water partition coefficient (Wildman–Crippen LogP) is 3.29. The molecule has 164 valence electrons. The molecule has 1 amide bonds. The number of hydrogen-bond donors (Lipinski definition) is 1. The lowest BCUT2D eigenvalue weighted by molar-refractivity contribution is -0.122. The Kier molecular flexibility index (Phi) is 5.27. The molecule has 9 heteroatoms. The average Bonchev–Trinajstić information content (AvgIpc) is 3.16. The minimum atomic E-state index is -0.488. The summed E-state index contributed by atoms with van der Waals surface area (Å²) >= 11 is 0. The Balaban J connectivity index is 1.48. The first-order chi connectivity index (χ1) is 16.1. The van der Waals surface area contributed by atoms with Gasteiger partial charge >= 0.3 is 5.69 Å². The molecule has 0 radical (unpaired) electrons. The van der Waals surface area contributed by atoms with E-state index in [0.29, 0.717) is 16.8 Å². The zero-order valence-electron chi connectivity index (χ0n) is 17.3. The number of para-hydroxylation sites is 3. The Morgan fingerprint density at radius 3 is 2.48 bits per heavy atom. The Morgan fingerprint density at radius 1 is 0.970 bits per heavy atom. The first-order valence-electron chi connectivity index (χ1n) is 10.2. The molecule has 1 N–H and O–H groups in total. The number of amides is 1. The van der Waals surface area contributed by atoms with Gasteiger partial charge in [-0.2, -0.15) is 0 Å². The van der Waals surface area contributed by atoms with Crippen LogP contribution in [0.4, 0.5) is 4.39 Å². The quantitative estimate of drug-likeness (QED) is 0.435. The van der Waals surface area contributed by atoms with E-state index in [9.17, 15) is 14.0 Å². The molecular weight excluding hydrogens is 425 g/mol. The number of fused-ring (bicyclic) bond motifs is 3. The summed E-state index contributed by atoms with van der Waals surface area (Å²) in [5.74, 6) is -0.0630. The zero-order valence-corrected chi connectivity index (χ0v) is 17.3. The highest BCUT2D eigenvalue weighted by Gasteiger charge is 2.19. The molecule has 0 aliphatic rings. The minimum absolute atomic E-state index is 0.155. The van der Waals surface area contributed by atoms with Gasteiger partial charge in [0.1, 0.15) is 18.1 Å². The van der Waals surface area contributed by atoms with E-state index >= 15 is 0 Å². The number of carbonyl (C=O) groups is 1. The van der Waals surface area contributed by atoms with E-state index in [1.165, 1.54) is 16.5 Å². The summed E-state index contributed by atoms with van der Waals surface area (Å²) in [5.41, 5.74) is 1.56. The number of benzene rings is 3. The van der Waals surface area contributed by atoms with Crippen LogP contribution in [0.2, 0.25) is 0 Å². The molecule has 0 unspecified atom stereocenters. The van der Waals surface area contributed by atoms with Crippen LogP contribution in [0.15, 0.2) is 83.7 Å². The monoisotopic (exact) mass is 443 g/mol. The van der Waals surface area contributed by atoms with Gasteiger partial charge in [0.15, 0.2) is 0 Å². The van der Waals surface area contributed by atoms with E-state index < -0.39 is 11.6 Å². The molecule has 2 heterocycles. The number of halogens is 1. The number of aromatic nitrogens is 4. The van der Waals surface area contributed by atoms with Gasteiger partial charge in [-0.1, -0.05) is 42.5 Å². The molecule has 0 atom stereocenters. The van der Waals surface area contributed by atoms with Crippen molar-refractivity contribution in [3.8, 4) is 11.6 Å². The van der Waals surface area contributed by atoms with E-state index in [1.54, 1.807) is 42.5 Å². The molecule has 2 aromatic heterocycles. The fourth-order valence-corrected chi connectivity index (χ4v) is 3.44. The van der Waals surface area contributed by atoms with Gasteiger partial charge in [-0.05, 0) is 42.0 Å². The number of nitrogens with one attached hydrogen (secondary N) is 1. The Hall–Kier alpha value is -4.53. The van der Waals surface area contributed by atoms with Crippen molar-refractivity contribution in [2.75, 3.05) is 0 Å². The van der Waals surface area contributed by atoms with Gasteiger partial charge in [0.25, 0.3) is 5.88 Å². The molecule has 0 saturated carbocycles. The summed E-state index contributed by atoms with van der Waals surface area (Å²) in [6, 6.07) is 22.0. The second-order valence-electron chi connectivity index (χ2n) is 7.32. The van der Waals surface area contributed by atoms with Crippen molar-refractivity contribution in [1.82, 2.24) is 24.5 Å². The summed E-state index contributed by atoms with van der Waals surface area (Å²) in [6.07, 6.45) is 0. The van der Waals surface area contributed by atoms with Gasteiger partial charge in [-0.3, -0.25) is 4.79 Å². The van der Waals surface area contributed by atoms with Gasteiger partial charge < -0.3 is 10.1 Å². The predicted molar refractivity (Wildman–Crippen MR) is 120 cm³/mol. The second-order valence-corrected chi connectivity index (χ2v) is 7.32. The Morgan fingerprint density at radius 2 is 1.70 bits per heavy atom. The third kappa shape index (κ3) is 4.16. The van der Waals surface area contributed by atoms with Crippen LogP contribution in [-0.4, -0.2) is 25.1 Å². The largest absolute Gasteiger partial charge is 0.436 e. The molecular formula is C24H18FN5O3. The van der Waals surface area contributed by atoms with E-state index in [1.807, 2.05) is 24.3 Å². The molecule has 8 nitrogen and oxygen atoms in total. The minimum Gasteiger partial charge on any atom is -0.436 e. The third-order valence-corrected chi connectivity index (χ3v) is 5.03. The van der Waals surface area contributed by atoms with Crippen LogP contribution in [0.3, 0.4) is 0 Å². The number of ether oxygens (including phenoxy) is 1. The second kappa shape index (κ2) is 8.54. The van der Waals surface area contributed by atoms with Crippen molar-refractivity contribution in [3.63, 3.8) is 0 Å². The summed E-state index contributed by atoms with van der Waals surface area (Å²) in [5, 5.41) is 7.05. The maximum absolute atomic E-state index is 13.2. The Bertz CT molecular complexity index is 1510. The van der Waals surface area contributed by atoms with Crippen molar-refractivity contribution in [1.29, 1.82) is 0 Å². The molecule has 5 rings (SSSR count). The first kappa shape index (κ1) is 20.4. The highest BCUT2D eigenvalue weighted by molar-refractivity contribution is 5.80. The highest BCUT2D eigenvalue weighted by atomic mass is 19.1. The van der Waals surface area contributed by atoms with Crippen LogP contribution < -0.4 is 15.7 Å². The van der Waals surface area contributed by atoms with Crippen LogP contribution in [0.1, 0.15) is 5.56 Å². The smallest absolute Gasteiger partial charge is 0.351 e. The number of hydrogen-bond acceptors (Lipinski definition) is 5. The van der Waals surface area contributed by atoms with Crippen LogP contribution in [0.25, 0.3) is 16.7 Å². The van der Waals surface area contributed by atoms with Crippen LogP contribution >= 0.6 is 0 Å². The Labute approximate surface area is 186 Å². The normalized spacial score (nSPS) is 11.1. The van der Waals surface area contributed by atoms with Gasteiger partial charge in [0.05, 0.1) is 11.0 Å². The van der Waals surface area contributed by atoms with E-state index in [4.69, 9.17) is 4.74 Å². The fraction of sp³-hybridized carbons (Fsp3) is 0.0833. The van der Waals surface area contributed by atoms with Crippen molar-refractivity contribution in [3.05, 3.63) is 101 Å². The highest BCUT2D eigenvalue weighted by Crippen LogP contribution is 2.25. The van der Waals surface area contributed by atoms with E-state index in [-0.39, 0.29) is 30.4 Å². The molecule has 0 fully saturated rings. The topological polar surface area (TPSA) is 90.5 Å². The lowest BCUT2D eigenvalue weighted by atomic mass is 10.2. The number of nitrogens with zero attached hydrogens (tertiary/aromatic N) is 4. The summed E-state index contributed by atoms with van der Waals surface area (Å²) in [7, 11) is 0. The maximum Gasteiger partial charge on any atom is 0.351 e. The van der Waals surface area contributed by atoms with Crippen LogP contribution in [0, 0.1) is 5.82 Å². The van der Waals surface area contributed by atoms with Gasteiger partial charge in [-0.15, -0.1) is 5.10 Å². The van der Waals surface area contributed by atoms with Crippen molar-refractivity contribution >= 4 is 22.6 Å². The van der Waals surface area contributed by atoms with Crippen LogP contribution in [0.5, 0.6) is 11.6 Å². The van der Waals surface area contributed by atoms with Gasteiger partial charge in [-0.25, -0.2) is 23.3 Å². The van der Waals surface area contributed by atoms with Crippen molar-refractivity contribution in [2.24, 2.45) is 0 Å².